The summed E-state index contributed by atoms with van der Waals surface area (Å²) in [5.41, 5.74) is 7.96. The number of nitrogens with two attached hydrogens (primary N) is 1. The second kappa shape index (κ2) is 6.36. The first-order valence-electron chi connectivity index (χ1n) is 6.07. The molecule has 20 heavy (non-hydrogen) atoms. The maximum atomic E-state index is 11.0. The number of hydrogen-bond acceptors (Lipinski definition) is 4. The quantitative estimate of drug-likeness (QED) is 0.654. The number of halogens is 1. The van der Waals surface area contributed by atoms with Gasteiger partial charge in [-0.3, -0.25) is 10.1 Å². The predicted octanol–water partition coefficient (Wildman–Crippen LogP) is 3.32. The lowest BCUT2D eigenvalue weighted by Crippen LogP contribution is -2.07. The van der Waals surface area contributed by atoms with Crippen molar-refractivity contribution in [3.63, 3.8) is 0 Å². The zero-order chi connectivity index (χ0) is 14.5. The lowest BCUT2D eigenvalue weighted by molar-refractivity contribution is -0.383. The molecule has 0 aliphatic carbocycles. The summed E-state index contributed by atoms with van der Waals surface area (Å²) in [6, 6.07) is 12.5. The number of rotatable bonds is 5. The lowest BCUT2D eigenvalue weighted by atomic mass is 10.1. The van der Waals surface area contributed by atoms with Crippen LogP contribution in [-0.4, -0.2) is 4.92 Å². The van der Waals surface area contributed by atoms with Gasteiger partial charge in [0.05, 0.1) is 4.92 Å². The van der Waals surface area contributed by atoms with E-state index in [1.165, 1.54) is 6.07 Å². The van der Waals surface area contributed by atoms with Crippen molar-refractivity contribution < 1.29 is 4.92 Å². The zero-order valence-electron chi connectivity index (χ0n) is 10.7. The Balaban J connectivity index is 2.23. The Kier molecular flexibility index (Phi) is 4.55. The van der Waals surface area contributed by atoms with Crippen LogP contribution in [-0.2, 0) is 13.1 Å². The highest BCUT2D eigenvalue weighted by atomic mass is 35.5. The van der Waals surface area contributed by atoms with Crippen molar-refractivity contribution in [1.29, 1.82) is 0 Å². The molecule has 0 saturated carbocycles. The summed E-state index contributed by atoms with van der Waals surface area (Å²) in [6.07, 6.45) is 0. The maximum Gasteiger partial charge on any atom is 0.310 e. The highest BCUT2D eigenvalue weighted by Crippen LogP contribution is 2.32. The van der Waals surface area contributed by atoms with Gasteiger partial charge >= 0.3 is 5.69 Å². The highest BCUT2D eigenvalue weighted by molar-refractivity contribution is 6.33. The largest absolute Gasteiger partial charge is 0.375 e. The minimum atomic E-state index is -0.487. The molecule has 0 heterocycles. The van der Waals surface area contributed by atoms with Gasteiger partial charge < -0.3 is 11.1 Å². The molecule has 0 radical (unpaired) electrons. The summed E-state index contributed by atoms with van der Waals surface area (Å²) in [5, 5.41) is 14.2. The van der Waals surface area contributed by atoms with Gasteiger partial charge in [0.15, 0.2) is 0 Å². The number of para-hydroxylation sites is 1. The maximum absolute atomic E-state index is 11.0. The van der Waals surface area contributed by atoms with E-state index in [0.29, 0.717) is 18.8 Å². The van der Waals surface area contributed by atoms with Gasteiger partial charge in [-0.15, -0.1) is 0 Å². The molecule has 0 bridgehead atoms. The molecule has 0 saturated heterocycles. The van der Waals surface area contributed by atoms with E-state index in [0.717, 1.165) is 11.1 Å². The third kappa shape index (κ3) is 3.07. The second-order valence-electron chi connectivity index (χ2n) is 4.22. The molecule has 0 aliphatic rings. The molecule has 2 aromatic rings. The van der Waals surface area contributed by atoms with Crippen molar-refractivity contribution in [2.75, 3.05) is 5.32 Å². The van der Waals surface area contributed by atoms with Crippen LogP contribution in [0.15, 0.2) is 42.5 Å². The van der Waals surface area contributed by atoms with Gasteiger partial charge in [-0.25, -0.2) is 0 Å². The fraction of sp³-hybridized carbons (Fsp3) is 0.143. The van der Waals surface area contributed by atoms with Crippen LogP contribution in [0.25, 0.3) is 0 Å². The molecule has 0 atom stereocenters. The van der Waals surface area contributed by atoms with Crippen molar-refractivity contribution in [3.05, 3.63) is 68.7 Å². The number of nitro benzene ring substituents is 1. The van der Waals surface area contributed by atoms with Gasteiger partial charge in [-0.05, 0) is 23.3 Å². The molecule has 104 valence electrons. The van der Waals surface area contributed by atoms with Gasteiger partial charge in [0.2, 0.25) is 0 Å². The average molecular weight is 292 g/mol. The van der Waals surface area contributed by atoms with Gasteiger partial charge in [-0.2, -0.15) is 0 Å². The molecule has 3 N–H and O–H groups in total. The van der Waals surface area contributed by atoms with Crippen LogP contribution >= 0.6 is 11.6 Å². The summed E-state index contributed by atoms with van der Waals surface area (Å²) in [7, 11) is 0. The normalized spacial score (nSPS) is 10.3. The zero-order valence-corrected chi connectivity index (χ0v) is 11.4. The van der Waals surface area contributed by atoms with Gasteiger partial charge in [0.25, 0.3) is 0 Å². The minimum absolute atomic E-state index is 0.112. The standard InChI is InChI=1S/C14H14ClN3O2/c15-12-6-3-7-13(14(12)18(19)20)17-9-11-5-2-1-4-10(11)8-16/h1-7,17H,8-9,16H2. The molecule has 5 nitrogen and oxygen atoms in total. The van der Waals surface area contributed by atoms with Crippen LogP contribution in [0.4, 0.5) is 11.4 Å². The molecular weight excluding hydrogens is 278 g/mol. The van der Waals surface area contributed by atoms with Crippen LogP contribution in [0.3, 0.4) is 0 Å². The van der Waals surface area contributed by atoms with Crippen LogP contribution < -0.4 is 11.1 Å². The molecule has 2 aromatic carbocycles. The first-order chi connectivity index (χ1) is 9.63. The Hall–Kier alpha value is -2.11. The number of nitrogens with zero attached hydrogens (tertiary/aromatic N) is 1. The Bertz CT molecular complexity index is 632. The van der Waals surface area contributed by atoms with E-state index in [1.54, 1.807) is 12.1 Å². The molecule has 0 aromatic heterocycles. The fourth-order valence-electron chi connectivity index (χ4n) is 1.96. The first kappa shape index (κ1) is 14.3. The van der Waals surface area contributed by atoms with Crippen molar-refractivity contribution in [2.45, 2.75) is 13.1 Å². The van der Waals surface area contributed by atoms with E-state index < -0.39 is 4.92 Å². The molecule has 2 rings (SSSR count). The van der Waals surface area contributed by atoms with Gasteiger partial charge in [0.1, 0.15) is 10.7 Å². The predicted molar refractivity (Wildman–Crippen MR) is 79.8 cm³/mol. The van der Waals surface area contributed by atoms with E-state index in [-0.39, 0.29) is 10.7 Å². The molecule has 0 spiro atoms. The molecule has 0 amide bonds. The van der Waals surface area contributed by atoms with E-state index in [4.69, 9.17) is 17.3 Å². The molecule has 0 unspecified atom stereocenters. The molecule has 6 heteroatoms. The van der Waals surface area contributed by atoms with E-state index >= 15 is 0 Å². The third-order valence-electron chi connectivity index (χ3n) is 2.98. The van der Waals surface area contributed by atoms with E-state index in [1.807, 2.05) is 24.3 Å². The number of anilines is 1. The summed E-state index contributed by atoms with van der Waals surface area (Å²) >= 11 is 5.86. The number of nitro groups is 1. The SMILES string of the molecule is NCc1ccccc1CNc1cccc(Cl)c1[N+](=O)[O-]. The fourth-order valence-corrected chi connectivity index (χ4v) is 2.21. The monoisotopic (exact) mass is 291 g/mol. The van der Waals surface area contributed by atoms with Crippen LogP contribution in [0.1, 0.15) is 11.1 Å². The number of benzene rings is 2. The Morgan fingerprint density at radius 3 is 2.50 bits per heavy atom. The van der Waals surface area contributed by atoms with Gasteiger partial charge in [0, 0.05) is 13.1 Å². The van der Waals surface area contributed by atoms with E-state index in [9.17, 15) is 10.1 Å². The van der Waals surface area contributed by atoms with Crippen molar-refractivity contribution in [1.82, 2.24) is 0 Å². The summed E-state index contributed by atoms with van der Waals surface area (Å²) in [4.78, 5) is 10.6. The van der Waals surface area contributed by atoms with Crippen LogP contribution in [0.5, 0.6) is 0 Å². The van der Waals surface area contributed by atoms with E-state index in [2.05, 4.69) is 5.32 Å². The highest BCUT2D eigenvalue weighted by Gasteiger charge is 2.18. The lowest BCUT2D eigenvalue weighted by Gasteiger charge is -2.11. The molecule has 0 aliphatic heterocycles. The number of hydrogen-bond donors (Lipinski definition) is 2. The summed E-state index contributed by atoms with van der Waals surface area (Å²) in [6.45, 7) is 0.879. The van der Waals surface area contributed by atoms with Crippen molar-refractivity contribution in [3.8, 4) is 0 Å². The van der Waals surface area contributed by atoms with Crippen LogP contribution in [0.2, 0.25) is 5.02 Å². The first-order valence-corrected chi connectivity index (χ1v) is 6.45. The Morgan fingerprint density at radius 2 is 1.85 bits per heavy atom. The molecular formula is C14H14ClN3O2. The van der Waals surface area contributed by atoms with Crippen LogP contribution in [0, 0.1) is 10.1 Å². The summed E-state index contributed by atoms with van der Waals surface area (Å²) in [5.74, 6) is 0. The summed E-state index contributed by atoms with van der Waals surface area (Å²) < 4.78 is 0. The molecule has 0 fully saturated rings. The van der Waals surface area contributed by atoms with Gasteiger partial charge in [-0.1, -0.05) is 41.9 Å². The third-order valence-corrected chi connectivity index (χ3v) is 3.28. The minimum Gasteiger partial charge on any atom is -0.375 e. The topological polar surface area (TPSA) is 81.2 Å². The second-order valence-corrected chi connectivity index (χ2v) is 4.63. The smallest absolute Gasteiger partial charge is 0.310 e. The Labute approximate surface area is 121 Å². The average Bonchev–Trinajstić information content (AvgIpc) is 2.45. The Morgan fingerprint density at radius 1 is 1.15 bits per heavy atom. The van der Waals surface area contributed by atoms with Crippen molar-refractivity contribution >= 4 is 23.0 Å². The number of nitrogens with one attached hydrogen (secondary N) is 1. The van der Waals surface area contributed by atoms with Crippen molar-refractivity contribution in [2.24, 2.45) is 5.73 Å².